The average molecular weight is 244 g/mol. The number of carbonyl (C=O) groups excluding carboxylic acids is 1. The lowest BCUT2D eigenvalue weighted by Gasteiger charge is -2.08. The van der Waals surface area contributed by atoms with E-state index in [-0.39, 0.29) is 5.75 Å². The van der Waals surface area contributed by atoms with Crippen LogP contribution in [0.25, 0.3) is 0 Å². The molecule has 0 saturated carbocycles. The lowest BCUT2D eigenvalue weighted by Crippen LogP contribution is -2.08. The van der Waals surface area contributed by atoms with Gasteiger partial charge in [-0.15, -0.1) is 0 Å². The highest BCUT2D eigenvalue weighted by Gasteiger charge is 2.19. The van der Waals surface area contributed by atoms with Gasteiger partial charge in [-0.05, 0) is 6.42 Å². The van der Waals surface area contributed by atoms with Gasteiger partial charge in [-0.25, -0.2) is 13.6 Å². The molecule has 0 amide bonds. The molecule has 1 rings (SSSR count). The summed E-state index contributed by atoms with van der Waals surface area (Å²) in [5, 5.41) is 0. The molecule has 0 heterocycles. The monoisotopic (exact) mass is 244 g/mol. The van der Waals surface area contributed by atoms with Gasteiger partial charge in [0.1, 0.15) is 22.9 Å². The summed E-state index contributed by atoms with van der Waals surface area (Å²) in [6, 6.07) is 1.95. The van der Waals surface area contributed by atoms with Crippen molar-refractivity contribution in [3.8, 4) is 5.75 Å². The summed E-state index contributed by atoms with van der Waals surface area (Å²) in [5.41, 5.74) is -0.699. The van der Waals surface area contributed by atoms with Crippen molar-refractivity contribution in [2.75, 3.05) is 13.7 Å². The van der Waals surface area contributed by atoms with Gasteiger partial charge in [0.05, 0.1) is 13.7 Å². The van der Waals surface area contributed by atoms with Crippen LogP contribution in [0.5, 0.6) is 5.75 Å². The molecule has 0 unspecified atom stereocenters. The van der Waals surface area contributed by atoms with Gasteiger partial charge in [0.15, 0.2) is 0 Å². The van der Waals surface area contributed by atoms with Crippen molar-refractivity contribution in [3.05, 3.63) is 29.3 Å². The maximum atomic E-state index is 13.4. The van der Waals surface area contributed by atoms with Gasteiger partial charge < -0.3 is 9.47 Å². The predicted octanol–water partition coefficient (Wildman–Crippen LogP) is 2.93. The van der Waals surface area contributed by atoms with E-state index in [9.17, 15) is 13.6 Å². The van der Waals surface area contributed by atoms with Gasteiger partial charge in [-0.2, -0.15) is 0 Å². The molecule has 0 aliphatic carbocycles. The molecule has 0 N–H and O–H groups in total. The van der Waals surface area contributed by atoms with Crippen LogP contribution in [0, 0.1) is 11.6 Å². The fraction of sp³-hybridized carbons (Fsp3) is 0.417. The number of unbranched alkanes of at least 4 members (excludes halogenated alkanes) is 1. The molecule has 3 nitrogen and oxygen atoms in total. The predicted molar refractivity (Wildman–Crippen MR) is 58.1 cm³/mol. The molecular weight excluding hydrogens is 230 g/mol. The number of rotatable bonds is 5. The third-order valence-electron chi connectivity index (χ3n) is 2.17. The smallest absolute Gasteiger partial charge is 0.343 e. The zero-order valence-electron chi connectivity index (χ0n) is 9.76. The van der Waals surface area contributed by atoms with Crippen molar-refractivity contribution in [2.45, 2.75) is 19.8 Å². The van der Waals surface area contributed by atoms with Crippen LogP contribution in [0.2, 0.25) is 0 Å². The third-order valence-corrected chi connectivity index (χ3v) is 2.17. The van der Waals surface area contributed by atoms with Crippen LogP contribution in [-0.4, -0.2) is 19.7 Å². The summed E-state index contributed by atoms with van der Waals surface area (Å²) in [6.45, 7) is 2.36. The first kappa shape index (κ1) is 13.4. The number of carbonyl (C=O) groups is 1. The fourth-order valence-corrected chi connectivity index (χ4v) is 1.26. The number of methoxy groups -OCH3 is 1. The lowest BCUT2D eigenvalue weighted by atomic mass is 10.2. The van der Waals surface area contributed by atoms with E-state index in [1.54, 1.807) is 0 Å². The van der Waals surface area contributed by atoms with Crippen LogP contribution in [0.15, 0.2) is 12.1 Å². The minimum atomic E-state index is -1.04. The van der Waals surface area contributed by atoms with Crippen LogP contribution in [0.4, 0.5) is 8.78 Å². The molecule has 1 aromatic carbocycles. The second-order valence-electron chi connectivity index (χ2n) is 3.46. The van der Waals surface area contributed by atoms with Crippen LogP contribution < -0.4 is 4.74 Å². The summed E-state index contributed by atoms with van der Waals surface area (Å²) >= 11 is 0. The number of esters is 1. The van der Waals surface area contributed by atoms with Crippen LogP contribution in [-0.2, 0) is 4.74 Å². The van der Waals surface area contributed by atoms with Crippen molar-refractivity contribution < 1.29 is 23.0 Å². The maximum absolute atomic E-state index is 13.4. The Morgan fingerprint density at radius 3 is 2.35 bits per heavy atom. The normalized spacial score (nSPS) is 10.1. The molecule has 17 heavy (non-hydrogen) atoms. The zero-order valence-corrected chi connectivity index (χ0v) is 9.76. The Morgan fingerprint density at radius 1 is 1.29 bits per heavy atom. The van der Waals surface area contributed by atoms with E-state index in [2.05, 4.69) is 4.74 Å². The molecule has 0 aliphatic heterocycles. The van der Waals surface area contributed by atoms with E-state index >= 15 is 0 Å². The van der Waals surface area contributed by atoms with E-state index in [4.69, 9.17) is 4.74 Å². The summed E-state index contributed by atoms with van der Waals surface area (Å²) in [5.74, 6) is -2.94. The second kappa shape index (κ2) is 6.18. The average Bonchev–Trinajstić information content (AvgIpc) is 2.28. The Kier molecular flexibility index (Phi) is 4.87. The Labute approximate surface area is 98.3 Å². The number of benzene rings is 1. The van der Waals surface area contributed by atoms with E-state index in [0.717, 1.165) is 32.1 Å². The molecule has 0 saturated heterocycles. The summed E-state index contributed by atoms with van der Waals surface area (Å²) < 4.78 is 36.3. The van der Waals surface area contributed by atoms with E-state index in [0.29, 0.717) is 6.61 Å². The highest BCUT2D eigenvalue weighted by molar-refractivity contribution is 5.90. The number of halogens is 2. The second-order valence-corrected chi connectivity index (χ2v) is 3.46. The molecular formula is C12H14F2O3. The summed E-state index contributed by atoms with van der Waals surface area (Å²) in [4.78, 5) is 11.1. The first-order valence-corrected chi connectivity index (χ1v) is 5.30. The van der Waals surface area contributed by atoms with Gasteiger partial charge in [0.2, 0.25) is 0 Å². The highest BCUT2D eigenvalue weighted by atomic mass is 19.1. The number of hydrogen-bond acceptors (Lipinski definition) is 3. The highest BCUT2D eigenvalue weighted by Crippen LogP contribution is 2.21. The van der Waals surface area contributed by atoms with Crippen LogP contribution in [0.3, 0.4) is 0 Å². The first-order chi connectivity index (χ1) is 8.10. The Hall–Kier alpha value is -1.65. The van der Waals surface area contributed by atoms with Crippen molar-refractivity contribution in [1.82, 2.24) is 0 Å². The topological polar surface area (TPSA) is 35.5 Å². The van der Waals surface area contributed by atoms with E-state index in [1.165, 1.54) is 0 Å². The molecule has 0 aromatic heterocycles. The molecule has 0 spiro atoms. The largest absolute Gasteiger partial charge is 0.493 e. The number of hydrogen-bond donors (Lipinski definition) is 0. The SMILES string of the molecule is CCCCOc1cc(F)c(C(=O)OC)c(F)c1. The maximum Gasteiger partial charge on any atom is 0.343 e. The van der Waals surface area contributed by atoms with Crippen LogP contribution >= 0.6 is 0 Å². The van der Waals surface area contributed by atoms with Crippen molar-refractivity contribution in [2.24, 2.45) is 0 Å². The molecule has 5 heteroatoms. The molecule has 0 aliphatic rings. The number of ether oxygens (including phenoxy) is 2. The van der Waals surface area contributed by atoms with Gasteiger partial charge in [0, 0.05) is 12.1 Å². The molecule has 0 atom stereocenters. The minimum Gasteiger partial charge on any atom is -0.493 e. The van der Waals surface area contributed by atoms with Gasteiger partial charge in [-0.1, -0.05) is 13.3 Å². The lowest BCUT2D eigenvalue weighted by molar-refractivity contribution is 0.0589. The summed E-state index contributed by atoms with van der Waals surface area (Å²) in [7, 11) is 1.06. The van der Waals surface area contributed by atoms with E-state index < -0.39 is 23.2 Å². The summed E-state index contributed by atoms with van der Waals surface area (Å²) in [6.07, 6.45) is 1.72. The minimum absolute atomic E-state index is 0.0705. The van der Waals surface area contributed by atoms with E-state index in [1.807, 2.05) is 6.92 Å². The first-order valence-electron chi connectivity index (χ1n) is 5.30. The van der Waals surface area contributed by atoms with Gasteiger partial charge in [-0.3, -0.25) is 0 Å². The zero-order chi connectivity index (χ0) is 12.8. The Balaban J connectivity index is 2.89. The van der Waals surface area contributed by atoms with Gasteiger partial charge >= 0.3 is 5.97 Å². The van der Waals surface area contributed by atoms with Crippen molar-refractivity contribution >= 4 is 5.97 Å². The Morgan fingerprint density at radius 2 is 1.88 bits per heavy atom. The molecule has 0 radical (unpaired) electrons. The fourth-order valence-electron chi connectivity index (χ4n) is 1.26. The Bertz CT molecular complexity index is 382. The van der Waals surface area contributed by atoms with Crippen molar-refractivity contribution in [3.63, 3.8) is 0 Å². The molecule has 0 bridgehead atoms. The quantitative estimate of drug-likeness (QED) is 0.590. The standard InChI is InChI=1S/C12H14F2O3/c1-3-4-5-17-8-6-9(13)11(10(14)7-8)12(15)16-2/h6-7H,3-5H2,1-2H3. The molecule has 0 fully saturated rings. The molecule has 1 aromatic rings. The molecule has 94 valence electrons. The third kappa shape index (κ3) is 3.41. The van der Waals surface area contributed by atoms with Crippen molar-refractivity contribution in [1.29, 1.82) is 0 Å². The van der Waals surface area contributed by atoms with Crippen LogP contribution in [0.1, 0.15) is 30.1 Å². The van der Waals surface area contributed by atoms with Gasteiger partial charge in [0.25, 0.3) is 0 Å².